The van der Waals surface area contributed by atoms with Crippen LogP contribution >= 0.6 is 0 Å². The summed E-state index contributed by atoms with van der Waals surface area (Å²) in [5.41, 5.74) is 5.52. The van der Waals surface area contributed by atoms with E-state index >= 15 is 0 Å². The van der Waals surface area contributed by atoms with Gasteiger partial charge >= 0.3 is 0 Å². The van der Waals surface area contributed by atoms with Crippen LogP contribution in [0.1, 0.15) is 71.9 Å². The highest BCUT2D eigenvalue weighted by molar-refractivity contribution is 5.80. The van der Waals surface area contributed by atoms with E-state index in [0.717, 1.165) is 38.5 Å². The number of hydrogen-bond donors (Lipinski definition) is 2. The molecule has 5 unspecified atom stereocenters. The van der Waals surface area contributed by atoms with Gasteiger partial charge in [-0.2, -0.15) is 0 Å². The summed E-state index contributed by atoms with van der Waals surface area (Å²) in [4.78, 5) is 3.65. The van der Waals surface area contributed by atoms with E-state index in [2.05, 4.69) is 75.7 Å². The number of aliphatic hydroxyl groups excluding tert-OH is 1. The normalized spacial score (nSPS) is 34.0. The highest BCUT2D eigenvalue weighted by Crippen LogP contribution is 2.62. The van der Waals surface area contributed by atoms with E-state index < -0.39 is 0 Å². The van der Waals surface area contributed by atoms with Crippen LogP contribution in [-0.2, 0) is 6.42 Å². The molecular weight excluding hydrogens is 366 g/mol. The van der Waals surface area contributed by atoms with E-state index in [1.54, 1.807) is 0 Å². The van der Waals surface area contributed by atoms with Crippen molar-refractivity contribution in [3.05, 3.63) is 59.8 Å². The van der Waals surface area contributed by atoms with Gasteiger partial charge in [-0.3, -0.25) is 0 Å². The molecule has 2 heteroatoms. The Morgan fingerprint density at radius 3 is 2.73 bits per heavy atom. The smallest absolute Gasteiger partial charge is 0.0597 e. The zero-order chi connectivity index (χ0) is 21.5. The number of aromatic nitrogens is 1. The number of H-pyrrole nitrogens is 1. The summed E-state index contributed by atoms with van der Waals surface area (Å²) in [6.07, 6.45) is 9.59. The molecule has 162 valence electrons. The number of rotatable bonds is 5. The minimum atomic E-state index is -0.193. The predicted molar refractivity (Wildman–Crippen MR) is 127 cm³/mol. The van der Waals surface area contributed by atoms with E-state index in [-0.39, 0.29) is 16.9 Å². The van der Waals surface area contributed by atoms with E-state index in [1.807, 2.05) is 0 Å². The number of hydrogen-bond acceptors (Lipinski definition) is 1. The Bertz CT molecular complexity index is 915. The Morgan fingerprint density at radius 1 is 1.23 bits per heavy atom. The summed E-state index contributed by atoms with van der Waals surface area (Å²) in [6, 6.07) is 10.9. The van der Waals surface area contributed by atoms with Gasteiger partial charge in [-0.1, -0.05) is 55.8 Å². The molecule has 0 bridgehead atoms. The molecule has 1 aromatic heterocycles. The van der Waals surface area contributed by atoms with Crippen LogP contribution in [0.25, 0.3) is 10.9 Å². The van der Waals surface area contributed by atoms with Crippen molar-refractivity contribution < 1.29 is 5.11 Å². The number of para-hydroxylation sites is 1. The van der Waals surface area contributed by atoms with Crippen LogP contribution in [-0.4, -0.2) is 16.2 Å². The fraction of sp³-hybridized carbons (Fsp3) is 0.571. The van der Waals surface area contributed by atoms with Crippen molar-refractivity contribution in [1.82, 2.24) is 4.98 Å². The topological polar surface area (TPSA) is 36.0 Å². The van der Waals surface area contributed by atoms with Crippen molar-refractivity contribution in [1.29, 1.82) is 0 Å². The van der Waals surface area contributed by atoms with E-state index in [4.69, 9.17) is 0 Å². The summed E-state index contributed by atoms with van der Waals surface area (Å²) in [5.74, 6) is 1.01. The third-order valence-electron chi connectivity index (χ3n) is 8.60. The average Bonchev–Trinajstić information content (AvgIpc) is 3.11. The van der Waals surface area contributed by atoms with Crippen LogP contribution in [0.4, 0.5) is 0 Å². The molecule has 0 aliphatic heterocycles. The summed E-state index contributed by atoms with van der Waals surface area (Å²) in [5, 5.41) is 12.4. The van der Waals surface area contributed by atoms with Crippen LogP contribution in [0, 0.1) is 22.7 Å². The lowest BCUT2D eigenvalue weighted by molar-refractivity contribution is -0.136. The quantitative estimate of drug-likeness (QED) is 0.507. The standard InChI is InChI=1S/C28H39NO/c1-19(2)9-8-15-28(5)25-13-12-20(3)23(27(25,4)16-14-26(28)30)18-22-17-21-10-6-7-11-24(21)29-22/h6-7,9-11,17,23,25-26,29-30H,3,8,12-16,18H2,1-2,4-5H3. The number of benzene rings is 1. The zero-order valence-electron chi connectivity index (χ0n) is 19.3. The molecule has 0 saturated heterocycles. The Morgan fingerprint density at radius 2 is 2.00 bits per heavy atom. The van der Waals surface area contributed by atoms with Gasteiger partial charge in [0.2, 0.25) is 0 Å². The Balaban J connectivity index is 1.63. The molecule has 0 amide bonds. The molecule has 2 aliphatic rings. The van der Waals surface area contributed by atoms with Gasteiger partial charge in [0.15, 0.2) is 0 Å². The molecule has 4 rings (SSSR count). The van der Waals surface area contributed by atoms with Gasteiger partial charge in [0.25, 0.3) is 0 Å². The van der Waals surface area contributed by atoms with Crippen molar-refractivity contribution >= 4 is 10.9 Å². The SMILES string of the molecule is C=C1CCC2C(C)(CCC=C(C)C)C(O)CCC2(C)C1Cc1cc2ccccc2[nH]1. The maximum atomic E-state index is 11.1. The lowest BCUT2D eigenvalue weighted by Crippen LogP contribution is -2.56. The summed E-state index contributed by atoms with van der Waals surface area (Å²) in [6.45, 7) is 13.8. The molecule has 2 aromatic rings. The van der Waals surface area contributed by atoms with Crippen LogP contribution in [0.5, 0.6) is 0 Å². The minimum absolute atomic E-state index is 0.0155. The number of fused-ring (bicyclic) bond motifs is 2. The lowest BCUT2D eigenvalue weighted by Gasteiger charge is -2.60. The molecule has 0 radical (unpaired) electrons. The van der Waals surface area contributed by atoms with Crippen LogP contribution in [0.15, 0.2) is 54.1 Å². The summed E-state index contributed by atoms with van der Waals surface area (Å²) < 4.78 is 0. The maximum Gasteiger partial charge on any atom is 0.0597 e. The van der Waals surface area contributed by atoms with Gasteiger partial charge in [0.1, 0.15) is 0 Å². The largest absolute Gasteiger partial charge is 0.393 e. The predicted octanol–water partition coefficient (Wildman–Crippen LogP) is 7.21. The molecule has 1 heterocycles. The fourth-order valence-corrected chi connectivity index (χ4v) is 6.84. The molecule has 5 atom stereocenters. The second-order valence-electron chi connectivity index (χ2n) is 10.8. The highest BCUT2D eigenvalue weighted by atomic mass is 16.3. The van der Waals surface area contributed by atoms with Crippen molar-refractivity contribution in [3.8, 4) is 0 Å². The van der Waals surface area contributed by atoms with E-state index in [1.165, 1.54) is 34.2 Å². The van der Waals surface area contributed by atoms with Gasteiger partial charge in [-0.05, 0) is 99.0 Å². The first-order chi connectivity index (χ1) is 14.2. The van der Waals surface area contributed by atoms with Crippen molar-refractivity contribution in [2.75, 3.05) is 0 Å². The number of aliphatic hydroxyl groups is 1. The molecule has 2 saturated carbocycles. The van der Waals surface area contributed by atoms with Crippen LogP contribution in [0.2, 0.25) is 0 Å². The Hall–Kier alpha value is -1.80. The molecule has 1 aromatic carbocycles. The maximum absolute atomic E-state index is 11.1. The van der Waals surface area contributed by atoms with Gasteiger partial charge in [-0.15, -0.1) is 0 Å². The van der Waals surface area contributed by atoms with E-state index in [9.17, 15) is 5.11 Å². The lowest BCUT2D eigenvalue weighted by atomic mass is 9.45. The molecule has 2 aliphatic carbocycles. The second-order valence-corrected chi connectivity index (χ2v) is 10.8. The fourth-order valence-electron chi connectivity index (χ4n) is 6.84. The summed E-state index contributed by atoms with van der Waals surface area (Å²) in [7, 11) is 0. The molecular formula is C28H39NO. The van der Waals surface area contributed by atoms with Crippen molar-refractivity contribution in [2.45, 2.75) is 78.7 Å². The zero-order valence-corrected chi connectivity index (χ0v) is 19.3. The van der Waals surface area contributed by atoms with Gasteiger partial charge in [0.05, 0.1) is 6.10 Å². The third kappa shape index (κ3) is 3.68. The van der Waals surface area contributed by atoms with Gasteiger partial charge in [0, 0.05) is 11.2 Å². The minimum Gasteiger partial charge on any atom is -0.393 e. The molecule has 2 fully saturated rings. The molecule has 2 nitrogen and oxygen atoms in total. The van der Waals surface area contributed by atoms with Crippen LogP contribution < -0.4 is 0 Å². The molecule has 2 N–H and O–H groups in total. The van der Waals surface area contributed by atoms with E-state index in [0.29, 0.717) is 11.8 Å². The number of allylic oxidation sites excluding steroid dienone is 3. The number of nitrogens with one attached hydrogen (secondary N) is 1. The van der Waals surface area contributed by atoms with Gasteiger partial charge < -0.3 is 10.1 Å². The highest BCUT2D eigenvalue weighted by Gasteiger charge is 2.57. The third-order valence-corrected chi connectivity index (χ3v) is 8.60. The number of aromatic amines is 1. The second kappa shape index (κ2) is 8.04. The molecule has 0 spiro atoms. The monoisotopic (exact) mass is 405 g/mol. The Labute approximate surface area is 182 Å². The first-order valence-corrected chi connectivity index (χ1v) is 11.8. The first-order valence-electron chi connectivity index (χ1n) is 11.8. The molecule has 30 heavy (non-hydrogen) atoms. The van der Waals surface area contributed by atoms with Crippen LogP contribution in [0.3, 0.4) is 0 Å². The first kappa shape index (κ1) is 21.4. The van der Waals surface area contributed by atoms with Crippen molar-refractivity contribution in [3.63, 3.8) is 0 Å². The van der Waals surface area contributed by atoms with Crippen molar-refractivity contribution in [2.24, 2.45) is 22.7 Å². The van der Waals surface area contributed by atoms with Gasteiger partial charge in [-0.25, -0.2) is 0 Å². The average molecular weight is 406 g/mol. The summed E-state index contributed by atoms with van der Waals surface area (Å²) >= 11 is 0. The Kier molecular flexibility index (Phi) is 5.74.